The van der Waals surface area contributed by atoms with Gasteiger partial charge in [-0.1, -0.05) is 25.6 Å². The summed E-state index contributed by atoms with van der Waals surface area (Å²) in [7, 11) is 0. The van der Waals surface area contributed by atoms with E-state index in [1.807, 2.05) is 11.8 Å². The topological polar surface area (TPSA) is 71.0 Å². The molecular formula is C13H22N4O2S. The number of hydrogen-bond donors (Lipinski definition) is 1. The number of thioether (sulfide) groups is 1. The number of hydrogen-bond acceptors (Lipinski definition) is 4. The second kappa shape index (κ2) is 6.97. The van der Waals surface area contributed by atoms with Crippen LogP contribution in [0.2, 0.25) is 0 Å². The van der Waals surface area contributed by atoms with E-state index in [9.17, 15) is 9.59 Å². The van der Waals surface area contributed by atoms with Crippen molar-refractivity contribution in [1.29, 1.82) is 0 Å². The molecular weight excluding hydrogens is 276 g/mol. The van der Waals surface area contributed by atoms with Crippen molar-refractivity contribution < 1.29 is 4.79 Å². The number of H-pyrrole nitrogens is 1. The number of piperidine rings is 1. The average molecular weight is 298 g/mol. The summed E-state index contributed by atoms with van der Waals surface area (Å²) in [5, 5.41) is 7.03. The van der Waals surface area contributed by atoms with Crippen LogP contribution in [0.15, 0.2) is 9.95 Å². The van der Waals surface area contributed by atoms with E-state index in [0.717, 1.165) is 32.4 Å². The highest BCUT2D eigenvalue weighted by atomic mass is 32.2. The normalized spacial score (nSPS) is 16.6. The molecule has 0 spiro atoms. The number of aromatic amines is 1. The fraction of sp³-hybridized carbons (Fsp3) is 0.769. The molecule has 1 aromatic rings. The van der Waals surface area contributed by atoms with Gasteiger partial charge in [0.15, 0.2) is 5.16 Å². The van der Waals surface area contributed by atoms with Gasteiger partial charge >= 0.3 is 5.69 Å². The molecule has 2 heterocycles. The molecule has 2 rings (SSSR count). The summed E-state index contributed by atoms with van der Waals surface area (Å²) < 4.78 is 1.59. The van der Waals surface area contributed by atoms with Crippen molar-refractivity contribution in [3.8, 4) is 0 Å². The molecule has 1 N–H and O–H groups in total. The second-order valence-electron chi connectivity index (χ2n) is 5.31. The molecule has 1 aliphatic rings. The molecule has 1 aromatic heterocycles. The summed E-state index contributed by atoms with van der Waals surface area (Å²) in [4.78, 5) is 25.6. The Morgan fingerprint density at radius 1 is 1.45 bits per heavy atom. The molecule has 7 heteroatoms. The Balaban J connectivity index is 1.88. The van der Waals surface area contributed by atoms with Crippen molar-refractivity contribution in [2.24, 2.45) is 5.92 Å². The minimum atomic E-state index is -0.200. The number of aromatic nitrogens is 3. The molecule has 6 nitrogen and oxygen atoms in total. The van der Waals surface area contributed by atoms with Gasteiger partial charge in [0.25, 0.3) is 0 Å². The molecule has 0 aliphatic carbocycles. The smallest absolute Gasteiger partial charge is 0.342 e. The number of nitrogens with zero attached hydrogens (tertiary/aromatic N) is 3. The van der Waals surface area contributed by atoms with Crippen LogP contribution in [0.1, 0.15) is 33.1 Å². The highest BCUT2D eigenvalue weighted by molar-refractivity contribution is 7.99. The summed E-state index contributed by atoms with van der Waals surface area (Å²) in [6, 6.07) is 0. The van der Waals surface area contributed by atoms with Crippen LogP contribution in [0.4, 0.5) is 0 Å². The molecule has 1 amide bonds. The van der Waals surface area contributed by atoms with E-state index >= 15 is 0 Å². The minimum Gasteiger partial charge on any atom is -0.342 e. The zero-order valence-electron chi connectivity index (χ0n) is 12.1. The van der Waals surface area contributed by atoms with E-state index in [1.165, 1.54) is 11.8 Å². The van der Waals surface area contributed by atoms with Crippen LogP contribution in [0.5, 0.6) is 0 Å². The first-order chi connectivity index (χ1) is 9.61. The van der Waals surface area contributed by atoms with Gasteiger partial charge in [-0.15, -0.1) is 5.10 Å². The average Bonchev–Trinajstić information content (AvgIpc) is 2.79. The highest BCUT2D eigenvalue weighted by Crippen LogP contribution is 2.19. The van der Waals surface area contributed by atoms with Crippen LogP contribution in [0, 0.1) is 5.92 Å². The molecule has 0 saturated carbocycles. The third-order valence-corrected chi connectivity index (χ3v) is 4.59. The van der Waals surface area contributed by atoms with E-state index in [2.05, 4.69) is 17.1 Å². The maximum absolute atomic E-state index is 12.1. The van der Waals surface area contributed by atoms with E-state index in [4.69, 9.17) is 0 Å². The first-order valence-corrected chi connectivity index (χ1v) is 8.16. The molecule has 20 heavy (non-hydrogen) atoms. The molecule has 1 aliphatic heterocycles. The van der Waals surface area contributed by atoms with Gasteiger partial charge in [0.1, 0.15) is 0 Å². The van der Waals surface area contributed by atoms with Gasteiger partial charge < -0.3 is 4.90 Å². The van der Waals surface area contributed by atoms with Crippen molar-refractivity contribution in [3.63, 3.8) is 0 Å². The Bertz CT molecular complexity index is 503. The Morgan fingerprint density at radius 2 is 2.15 bits per heavy atom. The minimum absolute atomic E-state index is 0.139. The lowest BCUT2D eigenvalue weighted by molar-refractivity contribution is -0.129. The molecule has 0 atom stereocenters. The second-order valence-corrected chi connectivity index (χ2v) is 6.26. The van der Waals surface area contributed by atoms with Gasteiger partial charge in [-0.2, -0.15) is 0 Å². The number of carbonyl (C=O) groups is 1. The van der Waals surface area contributed by atoms with E-state index in [-0.39, 0.29) is 11.6 Å². The summed E-state index contributed by atoms with van der Waals surface area (Å²) in [6.07, 6.45) is 3.03. The largest absolute Gasteiger partial charge is 0.343 e. The molecule has 1 fully saturated rings. The Kier molecular flexibility index (Phi) is 5.28. The molecule has 0 radical (unpaired) electrons. The summed E-state index contributed by atoms with van der Waals surface area (Å²) in [5.74, 6) is 1.20. The number of likely N-dealkylation sites (tertiary alicyclic amines) is 1. The zero-order chi connectivity index (χ0) is 14.5. The maximum atomic E-state index is 12.1. The number of rotatable bonds is 5. The van der Waals surface area contributed by atoms with Crippen LogP contribution < -0.4 is 5.69 Å². The van der Waals surface area contributed by atoms with Crippen molar-refractivity contribution >= 4 is 17.7 Å². The molecule has 0 unspecified atom stereocenters. The van der Waals surface area contributed by atoms with E-state index in [1.54, 1.807) is 4.57 Å². The summed E-state index contributed by atoms with van der Waals surface area (Å²) in [6.45, 7) is 6.57. The number of amides is 1. The molecule has 112 valence electrons. The fourth-order valence-corrected chi connectivity index (χ4v) is 3.19. The maximum Gasteiger partial charge on any atom is 0.343 e. The van der Waals surface area contributed by atoms with Crippen molar-refractivity contribution in [2.75, 3.05) is 18.8 Å². The van der Waals surface area contributed by atoms with Crippen LogP contribution in [-0.4, -0.2) is 44.4 Å². The van der Waals surface area contributed by atoms with E-state index in [0.29, 0.717) is 23.4 Å². The lowest BCUT2D eigenvalue weighted by Crippen LogP contribution is -2.39. The summed E-state index contributed by atoms with van der Waals surface area (Å²) in [5.41, 5.74) is -0.200. The predicted molar refractivity (Wildman–Crippen MR) is 78.8 cm³/mol. The molecule has 0 aromatic carbocycles. The Morgan fingerprint density at radius 3 is 2.80 bits per heavy atom. The lowest BCUT2D eigenvalue weighted by atomic mass is 9.99. The van der Waals surface area contributed by atoms with Gasteiger partial charge in [0, 0.05) is 19.6 Å². The zero-order valence-corrected chi connectivity index (χ0v) is 12.9. The Hall–Kier alpha value is -1.24. The van der Waals surface area contributed by atoms with Gasteiger partial charge in [0.05, 0.1) is 5.75 Å². The van der Waals surface area contributed by atoms with Crippen LogP contribution >= 0.6 is 11.8 Å². The van der Waals surface area contributed by atoms with Gasteiger partial charge in [-0.25, -0.2) is 9.89 Å². The van der Waals surface area contributed by atoms with Crippen molar-refractivity contribution in [3.05, 3.63) is 10.5 Å². The SMILES string of the molecule is CCCn1c(SCC(=O)N2CCC(C)CC2)n[nH]c1=O. The van der Waals surface area contributed by atoms with Crippen molar-refractivity contribution in [2.45, 2.75) is 44.8 Å². The van der Waals surface area contributed by atoms with Crippen LogP contribution in [-0.2, 0) is 11.3 Å². The Labute approximate surface area is 122 Å². The number of carbonyl (C=O) groups excluding carboxylic acids is 1. The highest BCUT2D eigenvalue weighted by Gasteiger charge is 2.21. The molecule has 0 bridgehead atoms. The monoisotopic (exact) mass is 298 g/mol. The van der Waals surface area contributed by atoms with Gasteiger partial charge in [-0.05, 0) is 25.2 Å². The molecule has 1 saturated heterocycles. The predicted octanol–water partition coefficient (Wildman–Crippen LogP) is 1.33. The standard InChI is InChI=1S/C13H22N4O2S/c1-3-6-17-12(19)14-15-13(17)20-9-11(18)16-7-4-10(2)5-8-16/h10H,3-9H2,1-2H3,(H,14,19). The van der Waals surface area contributed by atoms with E-state index < -0.39 is 0 Å². The fourth-order valence-electron chi connectivity index (χ4n) is 2.31. The summed E-state index contributed by atoms with van der Waals surface area (Å²) >= 11 is 1.34. The van der Waals surface area contributed by atoms with Crippen LogP contribution in [0.25, 0.3) is 0 Å². The third-order valence-electron chi connectivity index (χ3n) is 3.63. The quantitative estimate of drug-likeness (QED) is 0.833. The number of nitrogens with one attached hydrogen (secondary N) is 1. The van der Waals surface area contributed by atoms with Gasteiger partial charge in [0.2, 0.25) is 5.91 Å². The van der Waals surface area contributed by atoms with Crippen LogP contribution in [0.3, 0.4) is 0 Å². The lowest BCUT2D eigenvalue weighted by Gasteiger charge is -2.30. The first-order valence-electron chi connectivity index (χ1n) is 7.17. The first kappa shape index (κ1) is 15.2. The van der Waals surface area contributed by atoms with Gasteiger partial charge in [-0.3, -0.25) is 9.36 Å². The van der Waals surface area contributed by atoms with Crippen molar-refractivity contribution in [1.82, 2.24) is 19.7 Å². The third kappa shape index (κ3) is 3.65.